The fourth-order valence-corrected chi connectivity index (χ4v) is 6.42. The number of benzene rings is 3. The van der Waals surface area contributed by atoms with Crippen molar-refractivity contribution < 1.29 is 27.8 Å². The van der Waals surface area contributed by atoms with Gasteiger partial charge in [0.2, 0.25) is 0 Å². The molecule has 0 bridgehead atoms. The van der Waals surface area contributed by atoms with Crippen molar-refractivity contribution in [1.29, 1.82) is 0 Å². The molecule has 0 radical (unpaired) electrons. The summed E-state index contributed by atoms with van der Waals surface area (Å²) in [6.45, 7) is 6.51. The Labute approximate surface area is 255 Å². The van der Waals surface area contributed by atoms with Crippen LogP contribution < -0.4 is 14.8 Å². The van der Waals surface area contributed by atoms with Crippen LogP contribution >= 0.6 is 22.9 Å². The van der Waals surface area contributed by atoms with E-state index in [0.717, 1.165) is 16.3 Å². The van der Waals surface area contributed by atoms with Crippen LogP contribution in [0.2, 0.25) is 5.02 Å². The minimum absolute atomic E-state index is 0.0513. The van der Waals surface area contributed by atoms with E-state index >= 15 is 0 Å². The number of hydrogen-bond acceptors (Lipinski definition) is 8. The van der Waals surface area contributed by atoms with Gasteiger partial charge in [0.05, 0.1) is 29.1 Å². The van der Waals surface area contributed by atoms with Crippen molar-refractivity contribution in [3.05, 3.63) is 92.9 Å². The summed E-state index contributed by atoms with van der Waals surface area (Å²) in [5.41, 5.74) is 2.21. The molecule has 0 aliphatic rings. The maximum absolute atomic E-state index is 13.1. The maximum atomic E-state index is 13.1. The number of aromatic hydroxyl groups is 1. The number of rotatable bonds is 11. The maximum Gasteiger partial charge on any atom is 0.255 e. The highest BCUT2D eigenvalue weighted by atomic mass is 35.5. The van der Waals surface area contributed by atoms with E-state index in [1.807, 2.05) is 5.38 Å². The van der Waals surface area contributed by atoms with Crippen LogP contribution in [0.25, 0.3) is 0 Å². The third kappa shape index (κ3) is 8.02. The van der Waals surface area contributed by atoms with Gasteiger partial charge in [0.15, 0.2) is 21.3 Å². The van der Waals surface area contributed by atoms with E-state index in [2.05, 4.69) is 31.1 Å². The first kappa shape index (κ1) is 31.3. The second-order valence-corrected chi connectivity index (χ2v) is 14.2. The van der Waals surface area contributed by atoms with Crippen LogP contribution in [-0.2, 0) is 28.3 Å². The lowest BCUT2D eigenvalue weighted by atomic mass is 9.93. The number of carbonyl (C=O) groups is 1. The summed E-state index contributed by atoms with van der Waals surface area (Å²) in [6.07, 6.45) is 0.794. The molecule has 1 amide bonds. The number of aryl methyl sites for hydroxylation is 1. The molecule has 11 heteroatoms. The molecule has 42 heavy (non-hydrogen) atoms. The minimum Gasteiger partial charge on any atom is -0.506 e. The quantitative estimate of drug-likeness (QED) is 0.171. The van der Waals surface area contributed by atoms with Crippen molar-refractivity contribution in [2.45, 2.75) is 50.5 Å². The van der Waals surface area contributed by atoms with Gasteiger partial charge in [0.1, 0.15) is 17.4 Å². The molecule has 0 saturated heterocycles. The van der Waals surface area contributed by atoms with E-state index in [-0.39, 0.29) is 34.1 Å². The Kier molecular flexibility index (Phi) is 9.81. The van der Waals surface area contributed by atoms with Crippen molar-refractivity contribution in [3.8, 4) is 17.2 Å². The predicted octanol–water partition coefficient (Wildman–Crippen LogP) is 7.05. The molecule has 0 atom stereocenters. The molecule has 0 unspecified atom stereocenters. The molecular formula is C31H33ClN2O6S2. The molecule has 0 aliphatic heterocycles. The van der Waals surface area contributed by atoms with Crippen molar-refractivity contribution in [3.63, 3.8) is 0 Å². The molecular weight excluding hydrogens is 596 g/mol. The van der Waals surface area contributed by atoms with Gasteiger partial charge < -0.3 is 19.9 Å². The van der Waals surface area contributed by atoms with Gasteiger partial charge in [0.25, 0.3) is 5.91 Å². The third-order valence-corrected chi connectivity index (χ3v) is 9.35. The highest BCUT2D eigenvalue weighted by molar-refractivity contribution is 7.91. The molecule has 0 aliphatic carbocycles. The Morgan fingerprint density at radius 1 is 1.05 bits per heavy atom. The van der Waals surface area contributed by atoms with Gasteiger partial charge in [-0.15, -0.1) is 11.3 Å². The fraction of sp³-hybridized carbons (Fsp3) is 0.290. The summed E-state index contributed by atoms with van der Waals surface area (Å²) in [5, 5.41) is 16.4. The number of methoxy groups -OCH3 is 1. The number of nitrogens with zero attached hydrogens (tertiary/aromatic N) is 1. The number of phenolic OH excluding ortho intramolecular Hbond substituents is 1. The molecule has 222 valence electrons. The van der Waals surface area contributed by atoms with Crippen molar-refractivity contribution in [2.75, 3.05) is 18.2 Å². The molecule has 0 fully saturated rings. The van der Waals surface area contributed by atoms with E-state index in [1.54, 1.807) is 42.5 Å². The number of halogens is 1. The molecule has 4 aromatic rings. The summed E-state index contributed by atoms with van der Waals surface area (Å²) < 4.78 is 36.7. The Bertz CT molecular complexity index is 1660. The summed E-state index contributed by atoms with van der Waals surface area (Å²) in [7, 11) is -1.94. The zero-order valence-electron chi connectivity index (χ0n) is 23.8. The molecule has 0 saturated carbocycles. The Hall–Kier alpha value is -3.60. The number of phenols is 1. The largest absolute Gasteiger partial charge is 0.506 e. The summed E-state index contributed by atoms with van der Waals surface area (Å²) >= 11 is 7.37. The Morgan fingerprint density at radius 3 is 2.45 bits per heavy atom. The molecule has 3 aromatic carbocycles. The van der Waals surface area contributed by atoms with Crippen LogP contribution in [0, 0.1) is 0 Å². The topological polar surface area (TPSA) is 115 Å². The van der Waals surface area contributed by atoms with Crippen LogP contribution in [0.5, 0.6) is 17.2 Å². The normalized spacial score (nSPS) is 11.7. The van der Waals surface area contributed by atoms with E-state index < -0.39 is 15.7 Å². The van der Waals surface area contributed by atoms with Gasteiger partial charge in [-0.05, 0) is 73.0 Å². The smallest absolute Gasteiger partial charge is 0.255 e. The van der Waals surface area contributed by atoms with Gasteiger partial charge in [-0.2, -0.15) is 0 Å². The van der Waals surface area contributed by atoms with Crippen molar-refractivity contribution in [1.82, 2.24) is 4.98 Å². The SMILES string of the molecule is COc1ccc(C(=O)Nc2cc(CCCS(=O)(=O)c3ccc(Cl)cc3)ccc2O)cc1OCc1nc(C(C)(C)C)cs1. The molecule has 4 rings (SSSR count). The van der Waals surface area contributed by atoms with E-state index in [0.29, 0.717) is 34.9 Å². The van der Waals surface area contributed by atoms with Gasteiger partial charge in [-0.25, -0.2) is 13.4 Å². The fourth-order valence-electron chi connectivity index (χ4n) is 4.05. The van der Waals surface area contributed by atoms with Crippen molar-refractivity contribution in [2.24, 2.45) is 0 Å². The monoisotopic (exact) mass is 628 g/mol. The lowest BCUT2D eigenvalue weighted by Crippen LogP contribution is -2.13. The van der Waals surface area contributed by atoms with Gasteiger partial charge in [-0.3, -0.25) is 4.79 Å². The van der Waals surface area contributed by atoms with Crippen molar-refractivity contribution >= 4 is 44.4 Å². The van der Waals surface area contributed by atoms with E-state index in [4.69, 9.17) is 21.1 Å². The number of amides is 1. The first-order chi connectivity index (χ1) is 19.9. The summed E-state index contributed by atoms with van der Waals surface area (Å²) in [4.78, 5) is 18.0. The van der Waals surface area contributed by atoms with E-state index in [9.17, 15) is 18.3 Å². The number of nitrogens with one attached hydrogen (secondary N) is 1. The van der Waals surface area contributed by atoms with Crippen LogP contribution in [-0.4, -0.2) is 37.3 Å². The Balaban J connectivity index is 1.41. The Morgan fingerprint density at radius 2 is 1.79 bits per heavy atom. The number of carbonyl (C=O) groups excluding carboxylic acids is 1. The zero-order chi connectivity index (χ0) is 30.5. The lowest BCUT2D eigenvalue weighted by Gasteiger charge is -2.14. The van der Waals surface area contributed by atoms with Crippen LogP contribution in [0.15, 0.2) is 70.9 Å². The first-order valence-corrected chi connectivity index (χ1v) is 16.1. The molecule has 1 aromatic heterocycles. The standard InChI is InChI=1S/C31H33ClN2O6S2/c1-31(2,3)28-19-41-29(34-28)18-40-27-17-21(8-14-26(27)39-4)30(36)33-24-16-20(7-13-25(24)35)6-5-15-42(37,38)23-11-9-22(32)10-12-23/h7-14,16-17,19,35H,5-6,15,18H2,1-4H3,(H,33,36). The second kappa shape index (κ2) is 13.1. The highest BCUT2D eigenvalue weighted by Crippen LogP contribution is 2.32. The lowest BCUT2D eigenvalue weighted by molar-refractivity contribution is 0.102. The first-order valence-electron chi connectivity index (χ1n) is 13.2. The number of anilines is 1. The minimum atomic E-state index is -3.46. The molecule has 0 spiro atoms. The number of sulfone groups is 1. The van der Waals surface area contributed by atoms with E-state index in [1.165, 1.54) is 36.6 Å². The molecule has 8 nitrogen and oxygen atoms in total. The number of aromatic nitrogens is 1. The summed E-state index contributed by atoms with van der Waals surface area (Å²) in [5.74, 6) is 0.244. The predicted molar refractivity (Wildman–Crippen MR) is 166 cm³/mol. The average molecular weight is 629 g/mol. The number of ether oxygens (including phenoxy) is 2. The highest BCUT2D eigenvalue weighted by Gasteiger charge is 2.19. The average Bonchev–Trinajstić information content (AvgIpc) is 3.43. The van der Waals surface area contributed by atoms with Gasteiger partial charge in [0, 0.05) is 21.4 Å². The molecule has 2 N–H and O–H groups in total. The molecule has 1 heterocycles. The second-order valence-electron chi connectivity index (χ2n) is 10.7. The zero-order valence-corrected chi connectivity index (χ0v) is 26.2. The number of thiazole rings is 1. The van der Waals surface area contributed by atoms with Crippen LogP contribution in [0.1, 0.15) is 53.8 Å². The summed E-state index contributed by atoms with van der Waals surface area (Å²) in [6, 6.07) is 15.7. The van der Waals surface area contributed by atoms with Crippen LogP contribution in [0.4, 0.5) is 5.69 Å². The number of hydrogen-bond donors (Lipinski definition) is 2. The van der Waals surface area contributed by atoms with Crippen LogP contribution in [0.3, 0.4) is 0 Å². The third-order valence-electron chi connectivity index (χ3n) is 6.46. The van der Waals surface area contributed by atoms with Gasteiger partial charge in [-0.1, -0.05) is 38.4 Å². The van der Waals surface area contributed by atoms with Gasteiger partial charge >= 0.3 is 0 Å².